The summed E-state index contributed by atoms with van der Waals surface area (Å²) in [7, 11) is 0. The largest absolute Gasteiger partial charge is 0.433 e. The fourth-order valence-corrected chi connectivity index (χ4v) is 2.27. The first kappa shape index (κ1) is 16.6. The predicted octanol–water partition coefficient (Wildman–Crippen LogP) is 1.92. The average Bonchev–Trinajstić information content (AvgIpc) is 2.42. The van der Waals surface area contributed by atoms with E-state index in [0.29, 0.717) is 5.75 Å². The molecule has 0 saturated carbocycles. The molecule has 1 atom stereocenters. The molecule has 9 heteroatoms. The molecule has 4 N–H and O–H groups in total. The van der Waals surface area contributed by atoms with Gasteiger partial charge in [0.05, 0.1) is 5.56 Å². The number of halogens is 3. The molecular formula is C11H14F3N3O2S. The lowest BCUT2D eigenvalue weighted by molar-refractivity contribution is -0.141. The summed E-state index contributed by atoms with van der Waals surface area (Å²) in [5.41, 5.74) is 4.48. The van der Waals surface area contributed by atoms with Crippen molar-refractivity contribution in [1.29, 1.82) is 0 Å². The van der Waals surface area contributed by atoms with Crippen LogP contribution in [0.2, 0.25) is 0 Å². The number of pyridine rings is 1. The molecule has 20 heavy (non-hydrogen) atoms. The van der Waals surface area contributed by atoms with Gasteiger partial charge >= 0.3 is 6.18 Å². The number of aromatic nitrogens is 1. The fraction of sp³-hybridized carbons (Fsp3) is 0.455. The van der Waals surface area contributed by atoms with Crippen molar-refractivity contribution in [3.05, 3.63) is 23.4 Å². The summed E-state index contributed by atoms with van der Waals surface area (Å²) in [5.74, 6) is -0.0712. The number of alkyl halides is 3. The molecule has 0 spiro atoms. The summed E-state index contributed by atoms with van der Waals surface area (Å²) in [5, 5.41) is 20.3. The van der Waals surface area contributed by atoms with E-state index in [1.807, 2.05) is 0 Å². The van der Waals surface area contributed by atoms with E-state index in [1.165, 1.54) is 0 Å². The van der Waals surface area contributed by atoms with Crippen LogP contribution in [0.15, 0.2) is 22.3 Å². The van der Waals surface area contributed by atoms with E-state index in [2.05, 4.69) is 10.1 Å². The Bertz CT molecular complexity index is 494. The average molecular weight is 309 g/mol. The molecular weight excluding hydrogens is 295 g/mol. The van der Waals surface area contributed by atoms with Crippen LogP contribution >= 0.6 is 11.8 Å². The van der Waals surface area contributed by atoms with E-state index in [-0.39, 0.29) is 28.9 Å². The third-order valence-corrected chi connectivity index (χ3v) is 3.67. The summed E-state index contributed by atoms with van der Waals surface area (Å²) in [6, 6.07) is 1.88. The number of rotatable bonds is 5. The number of oxime groups is 1. The number of amidine groups is 1. The lowest BCUT2D eigenvalue weighted by Crippen LogP contribution is -2.18. The highest BCUT2D eigenvalue weighted by Gasteiger charge is 2.33. The van der Waals surface area contributed by atoms with Crippen LogP contribution < -0.4 is 5.73 Å². The maximum Gasteiger partial charge on any atom is 0.433 e. The van der Waals surface area contributed by atoms with E-state index in [1.54, 1.807) is 6.92 Å². The van der Waals surface area contributed by atoms with Crippen LogP contribution in [-0.4, -0.2) is 33.5 Å². The van der Waals surface area contributed by atoms with Gasteiger partial charge in [0.1, 0.15) is 10.7 Å². The lowest BCUT2D eigenvalue weighted by atomic mass is 10.2. The standard InChI is InChI=1S/C11H14F3N3O2S/c1-6(4-18)5-20-10-7(9(15)17-19)2-3-8(16-10)11(12,13)14/h2-3,6,18-19H,4-5H2,1H3,(H2,15,17). The Morgan fingerprint density at radius 2 is 2.15 bits per heavy atom. The molecule has 0 aliphatic heterocycles. The molecule has 1 unspecified atom stereocenters. The van der Waals surface area contributed by atoms with E-state index in [9.17, 15) is 13.2 Å². The summed E-state index contributed by atoms with van der Waals surface area (Å²) in [4.78, 5) is 3.50. The molecule has 1 rings (SSSR count). The molecule has 0 amide bonds. The van der Waals surface area contributed by atoms with Crippen LogP contribution in [0.3, 0.4) is 0 Å². The van der Waals surface area contributed by atoms with Gasteiger partial charge in [-0.05, 0) is 18.1 Å². The van der Waals surface area contributed by atoms with Crippen molar-refractivity contribution >= 4 is 17.6 Å². The molecule has 1 heterocycles. The Hall–Kier alpha value is -1.48. The molecule has 0 fully saturated rings. The zero-order chi connectivity index (χ0) is 15.3. The first-order valence-electron chi connectivity index (χ1n) is 5.59. The van der Waals surface area contributed by atoms with Gasteiger partial charge in [-0.15, -0.1) is 11.8 Å². The number of hydrogen-bond donors (Lipinski definition) is 3. The summed E-state index contributed by atoms with van der Waals surface area (Å²) < 4.78 is 37.9. The number of nitrogens with two attached hydrogens (primary N) is 1. The Morgan fingerprint density at radius 1 is 1.50 bits per heavy atom. The van der Waals surface area contributed by atoms with Crippen LogP contribution in [0.4, 0.5) is 13.2 Å². The maximum absolute atomic E-state index is 12.6. The molecule has 1 aromatic heterocycles. The van der Waals surface area contributed by atoms with Crippen molar-refractivity contribution in [3.63, 3.8) is 0 Å². The van der Waals surface area contributed by atoms with Gasteiger partial charge in [0.25, 0.3) is 0 Å². The second-order valence-corrected chi connectivity index (χ2v) is 5.14. The monoisotopic (exact) mass is 309 g/mol. The van der Waals surface area contributed by atoms with Crippen molar-refractivity contribution < 1.29 is 23.5 Å². The Balaban J connectivity index is 3.13. The van der Waals surface area contributed by atoms with Crippen LogP contribution in [0, 0.1) is 5.92 Å². The van der Waals surface area contributed by atoms with E-state index < -0.39 is 11.9 Å². The summed E-state index contributed by atoms with van der Waals surface area (Å²) in [6.45, 7) is 1.65. The third-order valence-electron chi connectivity index (χ3n) is 2.35. The van der Waals surface area contributed by atoms with Gasteiger partial charge in [-0.2, -0.15) is 13.2 Å². The van der Waals surface area contributed by atoms with Gasteiger partial charge < -0.3 is 16.0 Å². The van der Waals surface area contributed by atoms with Crippen molar-refractivity contribution in [1.82, 2.24) is 4.98 Å². The molecule has 0 aliphatic carbocycles. The molecule has 5 nitrogen and oxygen atoms in total. The molecule has 0 aliphatic rings. The van der Waals surface area contributed by atoms with Gasteiger partial charge in [-0.1, -0.05) is 12.1 Å². The van der Waals surface area contributed by atoms with Gasteiger partial charge in [0.2, 0.25) is 0 Å². The van der Waals surface area contributed by atoms with Crippen molar-refractivity contribution in [2.24, 2.45) is 16.8 Å². The second kappa shape index (κ2) is 6.80. The predicted molar refractivity (Wildman–Crippen MR) is 68.7 cm³/mol. The minimum atomic E-state index is -4.57. The summed E-state index contributed by atoms with van der Waals surface area (Å²) >= 11 is 1.01. The molecule has 0 bridgehead atoms. The van der Waals surface area contributed by atoms with Gasteiger partial charge in [-0.25, -0.2) is 4.98 Å². The number of thioether (sulfide) groups is 1. The molecule has 1 aromatic rings. The zero-order valence-corrected chi connectivity index (χ0v) is 11.4. The van der Waals surface area contributed by atoms with Crippen LogP contribution in [-0.2, 0) is 6.18 Å². The molecule has 0 saturated heterocycles. The Morgan fingerprint density at radius 3 is 2.65 bits per heavy atom. The van der Waals surface area contributed by atoms with Crippen molar-refractivity contribution in [2.75, 3.05) is 12.4 Å². The van der Waals surface area contributed by atoms with Gasteiger partial charge in [0.15, 0.2) is 5.84 Å². The maximum atomic E-state index is 12.6. The number of hydrogen-bond acceptors (Lipinski definition) is 5. The normalized spacial score (nSPS) is 14.3. The molecule has 0 radical (unpaired) electrons. The van der Waals surface area contributed by atoms with Crippen LogP contribution in [0.1, 0.15) is 18.2 Å². The van der Waals surface area contributed by atoms with E-state index >= 15 is 0 Å². The van der Waals surface area contributed by atoms with Crippen molar-refractivity contribution in [3.8, 4) is 0 Å². The molecule has 0 aromatic carbocycles. The zero-order valence-electron chi connectivity index (χ0n) is 10.6. The highest BCUT2D eigenvalue weighted by molar-refractivity contribution is 7.99. The lowest BCUT2D eigenvalue weighted by Gasteiger charge is -2.13. The minimum absolute atomic E-state index is 0.00965. The minimum Gasteiger partial charge on any atom is -0.409 e. The van der Waals surface area contributed by atoms with Crippen LogP contribution in [0.5, 0.6) is 0 Å². The third kappa shape index (κ3) is 4.27. The van der Waals surface area contributed by atoms with Crippen LogP contribution in [0.25, 0.3) is 0 Å². The first-order chi connectivity index (χ1) is 9.29. The second-order valence-electron chi connectivity index (χ2n) is 4.13. The quantitative estimate of drug-likeness (QED) is 0.254. The van der Waals surface area contributed by atoms with Crippen molar-refractivity contribution in [2.45, 2.75) is 18.1 Å². The van der Waals surface area contributed by atoms with E-state index in [4.69, 9.17) is 16.0 Å². The Kier molecular flexibility index (Phi) is 5.63. The Labute approximate surface area is 117 Å². The SMILES string of the molecule is CC(CO)CSc1nc(C(F)(F)F)ccc1C(N)=NO. The first-order valence-corrected chi connectivity index (χ1v) is 6.58. The number of aliphatic hydroxyl groups excluding tert-OH is 1. The van der Waals surface area contributed by atoms with E-state index in [0.717, 1.165) is 23.9 Å². The fourth-order valence-electron chi connectivity index (χ4n) is 1.23. The topological polar surface area (TPSA) is 91.7 Å². The highest BCUT2D eigenvalue weighted by atomic mass is 32.2. The number of aliphatic hydroxyl groups is 1. The van der Waals surface area contributed by atoms with Gasteiger partial charge in [-0.3, -0.25) is 0 Å². The highest BCUT2D eigenvalue weighted by Crippen LogP contribution is 2.31. The molecule has 112 valence electrons. The number of nitrogens with zero attached hydrogens (tertiary/aromatic N) is 2. The van der Waals surface area contributed by atoms with Gasteiger partial charge in [0, 0.05) is 12.4 Å². The summed E-state index contributed by atoms with van der Waals surface area (Å²) in [6.07, 6.45) is -4.57. The smallest absolute Gasteiger partial charge is 0.409 e.